The molecule has 1 aliphatic carbocycles. The topological polar surface area (TPSA) is 17.1 Å². The normalized spacial score (nSPS) is 18.3. The van der Waals surface area contributed by atoms with Gasteiger partial charge in [0.25, 0.3) is 0 Å². The lowest BCUT2D eigenvalue weighted by Gasteiger charge is -2.14. The molecule has 0 aliphatic heterocycles. The molecule has 0 spiro atoms. The van der Waals surface area contributed by atoms with E-state index in [4.69, 9.17) is 0 Å². The van der Waals surface area contributed by atoms with Crippen molar-refractivity contribution in [2.24, 2.45) is 0 Å². The Morgan fingerprint density at radius 2 is 1.92 bits per heavy atom. The molecule has 0 N–H and O–H groups in total. The zero-order valence-corrected chi connectivity index (χ0v) is 8.13. The zero-order valence-electron chi connectivity index (χ0n) is 8.13. The lowest BCUT2D eigenvalue weighted by molar-refractivity contribution is -0.119. The van der Waals surface area contributed by atoms with Crippen LogP contribution in [-0.4, -0.2) is 5.78 Å². The number of ketones is 1. The molecule has 0 aromatic heterocycles. The molecule has 0 atom stereocenters. The van der Waals surface area contributed by atoms with Gasteiger partial charge in [-0.15, -0.1) is 0 Å². The quantitative estimate of drug-likeness (QED) is 0.673. The van der Waals surface area contributed by atoms with Crippen LogP contribution in [0.3, 0.4) is 0 Å². The van der Waals surface area contributed by atoms with Crippen molar-refractivity contribution in [3.8, 4) is 0 Å². The van der Waals surface area contributed by atoms with Crippen molar-refractivity contribution in [3.05, 3.63) is 35.4 Å². The Morgan fingerprint density at radius 3 is 2.38 bits per heavy atom. The van der Waals surface area contributed by atoms with Crippen LogP contribution in [0.15, 0.2) is 24.3 Å². The first kappa shape index (κ1) is 8.49. The van der Waals surface area contributed by atoms with Crippen LogP contribution in [0, 0.1) is 6.92 Å². The number of carbonyl (C=O) groups excluding carboxylic acids is 1. The summed E-state index contributed by atoms with van der Waals surface area (Å²) in [6, 6.07) is 8.21. The zero-order chi connectivity index (χ0) is 9.47. The minimum atomic E-state index is -0.106. The van der Waals surface area contributed by atoms with E-state index in [1.54, 1.807) is 6.92 Å². The first-order chi connectivity index (χ1) is 6.17. The predicted octanol–water partition coefficient (Wildman–Crippen LogP) is 2.62. The lowest BCUT2D eigenvalue weighted by atomic mass is 9.89. The predicted molar refractivity (Wildman–Crippen MR) is 52.8 cm³/mol. The molecule has 1 aliphatic rings. The van der Waals surface area contributed by atoms with Crippen molar-refractivity contribution < 1.29 is 4.79 Å². The summed E-state index contributed by atoms with van der Waals surface area (Å²) < 4.78 is 0. The van der Waals surface area contributed by atoms with Crippen LogP contribution >= 0.6 is 0 Å². The van der Waals surface area contributed by atoms with Crippen LogP contribution in [0.2, 0.25) is 0 Å². The summed E-state index contributed by atoms with van der Waals surface area (Å²) in [6.07, 6.45) is 2.07. The van der Waals surface area contributed by atoms with Gasteiger partial charge in [0.15, 0.2) is 0 Å². The van der Waals surface area contributed by atoms with Gasteiger partial charge >= 0.3 is 0 Å². The molecule has 68 valence electrons. The van der Waals surface area contributed by atoms with E-state index in [1.807, 2.05) is 12.1 Å². The third-order valence-corrected chi connectivity index (χ3v) is 3.08. The molecule has 1 heteroatoms. The molecule has 1 aromatic carbocycles. The van der Waals surface area contributed by atoms with E-state index in [1.165, 1.54) is 11.1 Å². The third kappa shape index (κ3) is 1.19. The maximum Gasteiger partial charge on any atom is 0.140 e. The molecule has 2 rings (SSSR count). The minimum absolute atomic E-state index is 0.106. The van der Waals surface area contributed by atoms with Gasteiger partial charge in [-0.05, 0) is 37.8 Å². The first-order valence-corrected chi connectivity index (χ1v) is 4.74. The molecule has 0 amide bonds. The number of benzene rings is 1. The van der Waals surface area contributed by atoms with Gasteiger partial charge in [0.05, 0.1) is 5.41 Å². The molecule has 1 aromatic rings. The summed E-state index contributed by atoms with van der Waals surface area (Å²) >= 11 is 0. The van der Waals surface area contributed by atoms with E-state index in [0.29, 0.717) is 5.78 Å². The monoisotopic (exact) mass is 174 g/mol. The molecular formula is C12H14O. The number of Topliss-reactive ketones (excluding diaryl/α,β-unsaturated/α-hetero) is 1. The molecule has 1 saturated carbocycles. The summed E-state index contributed by atoms with van der Waals surface area (Å²) in [7, 11) is 0. The van der Waals surface area contributed by atoms with Crippen molar-refractivity contribution in [3.63, 3.8) is 0 Å². The molecule has 0 bridgehead atoms. The van der Waals surface area contributed by atoms with Crippen molar-refractivity contribution in [2.75, 3.05) is 0 Å². The highest BCUT2D eigenvalue weighted by atomic mass is 16.1. The average molecular weight is 174 g/mol. The highest BCUT2D eigenvalue weighted by Gasteiger charge is 2.49. The fourth-order valence-corrected chi connectivity index (χ4v) is 2.05. The molecule has 1 fully saturated rings. The van der Waals surface area contributed by atoms with Crippen LogP contribution in [0.5, 0.6) is 0 Å². The van der Waals surface area contributed by atoms with Crippen LogP contribution in [0.1, 0.15) is 30.9 Å². The van der Waals surface area contributed by atoms with Crippen LogP contribution in [0.25, 0.3) is 0 Å². The fraction of sp³-hybridized carbons (Fsp3) is 0.417. The second-order valence-corrected chi connectivity index (χ2v) is 3.95. The number of hydrogen-bond acceptors (Lipinski definition) is 1. The Balaban J connectivity index is 2.47. The second kappa shape index (κ2) is 2.69. The van der Waals surface area contributed by atoms with E-state index < -0.39 is 0 Å². The van der Waals surface area contributed by atoms with E-state index in [2.05, 4.69) is 19.1 Å². The highest BCUT2D eigenvalue weighted by Crippen LogP contribution is 2.49. The molecule has 0 unspecified atom stereocenters. The lowest BCUT2D eigenvalue weighted by Crippen LogP contribution is -2.17. The summed E-state index contributed by atoms with van der Waals surface area (Å²) in [4.78, 5) is 11.5. The number of carbonyl (C=O) groups is 1. The Hall–Kier alpha value is -1.11. The molecular weight excluding hydrogens is 160 g/mol. The maximum absolute atomic E-state index is 11.5. The van der Waals surface area contributed by atoms with Gasteiger partial charge in [0.2, 0.25) is 0 Å². The van der Waals surface area contributed by atoms with E-state index in [9.17, 15) is 4.79 Å². The van der Waals surface area contributed by atoms with Gasteiger partial charge in [0, 0.05) is 0 Å². The second-order valence-electron chi connectivity index (χ2n) is 3.95. The smallest absolute Gasteiger partial charge is 0.140 e. The van der Waals surface area contributed by atoms with Crippen molar-refractivity contribution in [2.45, 2.75) is 32.1 Å². The summed E-state index contributed by atoms with van der Waals surface area (Å²) in [5.41, 5.74) is 2.38. The summed E-state index contributed by atoms with van der Waals surface area (Å²) in [5.74, 6) is 0.321. The van der Waals surface area contributed by atoms with Gasteiger partial charge in [0.1, 0.15) is 5.78 Å². The van der Waals surface area contributed by atoms with Gasteiger partial charge in [-0.2, -0.15) is 0 Å². The van der Waals surface area contributed by atoms with Crippen molar-refractivity contribution in [1.82, 2.24) is 0 Å². The maximum atomic E-state index is 11.5. The SMILES string of the molecule is CC(=O)C1(c2ccccc2C)CC1. The summed E-state index contributed by atoms with van der Waals surface area (Å²) in [5, 5.41) is 0. The molecule has 0 heterocycles. The largest absolute Gasteiger partial charge is 0.299 e. The molecule has 0 radical (unpaired) electrons. The Bertz CT molecular complexity index is 348. The van der Waals surface area contributed by atoms with Crippen molar-refractivity contribution >= 4 is 5.78 Å². The van der Waals surface area contributed by atoms with Gasteiger partial charge in [-0.3, -0.25) is 4.79 Å². The number of hydrogen-bond donors (Lipinski definition) is 0. The van der Waals surface area contributed by atoms with Crippen molar-refractivity contribution in [1.29, 1.82) is 0 Å². The highest BCUT2D eigenvalue weighted by molar-refractivity contribution is 5.91. The van der Waals surface area contributed by atoms with E-state index >= 15 is 0 Å². The Morgan fingerprint density at radius 1 is 1.31 bits per heavy atom. The molecule has 0 saturated heterocycles. The Kier molecular flexibility index (Phi) is 1.76. The molecule has 1 nitrogen and oxygen atoms in total. The van der Waals surface area contributed by atoms with E-state index in [0.717, 1.165) is 12.8 Å². The Labute approximate surface area is 78.8 Å². The van der Waals surface area contributed by atoms with Gasteiger partial charge < -0.3 is 0 Å². The number of aryl methyl sites for hydroxylation is 1. The third-order valence-electron chi connectivity index (χ3n) is 3.08. The minimum Gasteiger partial charge on any atom is -0.299 e. The average Bonchev–Trinajstić information content (AvgIpc) is 2.85. The van der Waals surface area contributed by atoms with Crippen LogP contribution in [-0.2, 0) is 10.2 Å². The van der Waals surface area contributed by atoms with Gasteiger partial charge in [-0.25, -0.2) is 0 Å². The summed E-state index contributed by atoms with van der Waals surface area (Å²) in [6.45, 7) is 3.79. The van der Waals surface area contributed by atoms with Gasteiger partial charge in [-0.1, -0.05) is 24.3 Å². The van der Waals surface area contributed by atoms with E-state index in [-0.39, 0.29) is 5.41 Å². The standard InChI is InChI=1S/C12H14O/c1-9-5-3-4-6-11(9)12(7-8-12)10(2)13/h3-6H,7-8H2,1-2H3. The van der Waals surface area contributed by atoms with Crippen LogP contribution < -0.4 is 0 Å². The number of rotatable bonds is 2. The fourth-order valence-electron chi connectivity index (χ4n) is 2.05. The molecule has 13 heavy (non-hydrogen) atoms. The first-order valence-electron chi connectivity index (χ1n) is 4.74. The van der Waals surface area contributed by atoms with Crippen LogP contribution in [0.4, 0.5) is 0 Å².